The predicted octanol–water partition coefficient (Wildman–Crippen LogP) is 4.55. The van der Waals surface area contributed by atoms with E-state index in [1.54, 1.807) is 30.3 Å². The summed E-state index contributed by atoms with van der Waals surface area (Å²) < 4.78 is 19.3. The molecule has 3 aromatic rings. The zero-order chi connectivity index (χ0) is 17.3. The van der Waals surface area contributed by atoms with Crippen LogP contribution in [0.5, 0.6) is 5.75 Å². The van der Waals surface area contributed by atoms with Crippen molar-refractivity contribution in [1.29, 1.82) is 0 Å². The summed E-state index contributed by atoms with van der Waals surface area (Å²) in [6, 6.07) is 13.3. The smallest absolute Gasteiger partial charge is 0.344 e. The summed E-state index contributed by atoms with van der Waals surface area (Å²) in [4.78, 5) is 14.7. The van der Waals surface area contributed by atoms with E-state index in [4.69, 9.17) is 21.4 Å². The second-order valence-corrected chi connectivity index (χ2v) is 5.66. The fraction of sp³-hybridized carbons (Fsp3) is 0.111. The highest BCUT2D eigenvalue weighted by atomic mass is 35.5. The Balaban J connectivity index is 2.13. The van der Waals surface area contributed by atoms with Crippen molar-refractivity contribution in [2.45, 2.75) is 13.0 Å². The predicted molar refractivity (Wildman–Crippen MR) is 89.9 cm³/mol. The Kier molecular flexibility index (Phi) is 4.36. The molecule has 1 atom stereocenters. The topological polar surface area (TPSA) is 59.4 Å². The molecule has 3 rings (SSSR count). The third kappa shape index (κ3) is 3.16. The van der Waals surface area contributed by atoms with Crippen LogP contribution >= 0.6 is 11.6 Å². The summed E-state index contributed by atoms with van der Waals surface area (Å²) in [5.74, 6) is -1.43. The van der Waals surface area contributed by atoms with Gasteiger partial charge >= 0.3 is 5.97 Å². The minimum absolute atomic E-state index is 0.306. The lowest BCUT2D eigenvalue weighted by Gasteiger charge is -2.13. The van der Waals surface area contributed by atoms with Crippen molar-refractivity contribution in [2.24, 2.45) is 0 Å². The fourth-order valence-corrected chi connectivity index (χ4v) is 2.64. The Hall–Kier alpha value is -2.66. The Morgan fingerprint density at radius 3 is 2.67 bits per heavy atom. The zero-order valence-electron chi connectivity index (χ0n) is 12.7. The van der Waals surface area contributed by atoms with E-state index >= 15 is 0 Å². The van der Waals surface area contributed by atoms with Gasteiger partial charge in [0.05, 0.1) is 5.52 Å². The van der Waals surface area contributed by atoms with Crippen molar-refractivity contribution in [1.82, 2.24) is 4.98 Å². The molecule has 24 heavy (non-hydrogen) atoms. The van der Waals surface area contributed by atoms with E-state index in [0.717, 1.165) is 0 Å². The van der Waals surface area contributed by atoms with E-state index in [1.165, 1.54) is 19.1 Å². The van der Waals surface area contributed by atoms with E-state index in [1.807, 2.05) is 6.07 Å². The molecule has 0 bridgehead atoms. The molecule has 0 aliphatic heterocycles. The number of carboxylic acid groups (broad SMARTS) is 1. The molecule has 4 nitrogen and oxygen atoms in total. The average molecular weight is 346 g/mol. The standard InChI is InChI=1S/C18H13ClFNO3/c1-10(18(22)23)24-11-6-7-13-14(9-17(20)21-16(13)8-11)12-4-2-3-5-15(12)19/h2-10H,1H3,(H,22,23). The van der Waals surface area contributed by atoms with Crippen LogP contribution in [0, 0.1) is 5.95 Å². The monoisotopic (exact) mass is 345 g/mol. The van der Waals surface area contributed by atoms with Gasteiger partial charge in [-0.05, 0) is 30.7 Å². The summed E-state index contributed by atoms with van der Waals surface area (Å²) in [5.41, 5.74) is 1.67. The van der Waals surface area contributed by atoms with Crippen LogP contribution in [-0.4, -0.2) is 22.2 Å². The lowest BCUT2D eigenvalue weighted by molar-refractivity contribution is -0.144. The van der Waals surface area contributed by atoms with Gasteiger partial charge in [0.15, 0.2) is 6.10 Å². The number of hydrogen-bond donors (Lipinski definition) is 1. The van der Waals surface area contributed by atoms with Gasteiger partial charge in [-0.25, -0.2) is 9.78 Å². The first-order valence-electron chi connectivity index (χ1n) is 7.20. The maximum Gasteiger partial charge on any atom is 0.344 e. The summed E-state index contributed by atoms with van der Waals surface area (Å²) in [5, 5.41) is 10.1. The van der Waals surface area contributed by atoms with Crippen molar-refractivity contribution >= 4 is 28.5 Å². The van der Waals surface area contributed by atoms with Crippen LogP contribution in [0.4, 0.5) is 4.39 Å². The van der Waals surface area contributed by atoms with E-state index in [2.05, 4.69) is 4.98 Å². The van der Waals surface area contributed by atoms with Crippen LogP contribution in [0.3, 0.4) is 0 Å². The summed E-state index contributed by atoms with van der Waals surface area (Å²) in [7, 11) is 0. The Bertz CT molecular complexity index is 929. The van der Waals surface area contributed by atoms with Crippen LogP contribution in [0.1, 0.15) is 6.92 Å². The number of aromatic nitrogens is 1. The zero-order valence-corrected chi connectivity index (χ0v) is 13.4. The molecule has 1 unspecified atom stereocenters. The number of benzene rings is 2. The number of rotatable bonds is 4. The summed E-state index contributed by atoms with van der Waals surface area (Å²) in [6.07, 6.45) is -1.01. The second-order valence-electron chi connectivity index (χ2n) is 5.25. The van der Waals surface area contributed by atoms with Crippen molar-refractivity contribution in [3.8, 4) is 16.9 Å². The second kappa shape index (κ2) is 6.45. The van der Waals surface area contributed by atoms with E-state index in [-0.39, 0.29) is 0 Å². The molecule has 6 heteroatoms. The Labute approximate surface area is 142 Å². The molecule has 1 N–H and O–H groups in total. The van der Waals surface area contributed by atoms with Gasteiger partial charge in [-0.2, -0.15) is 4.39 Å². The van der Waals surface area contributed by atoms with Gasteiger partial charge < -0.3 is 9.84 Å². The first-order valence-corrected chi connectivity index (χ1v) is 7.58. The number of fused-ring (bicyclic) bond motifs is 1. The van der Waals surface area contributed by atoms with Crippen molar-refractivity contribution in [3.63, 3.8) is 0 Å². The molecular weight excluding hydrogens is 333 g/mol. The molecule has 0 spiro atoms. The third-order valence-corrected chi connectivity index (χ3v) is 3.90. The maximum absolute atomic E-state index is 13.9. The normalized spacial score (nSPS) is 12.1. The van der Waals surface area contributed by atoms with Crippen LogP contribution < -0.4 is 4.74 Å². The van der Waals surface area contributed by atoms with Gasteiger partial charge in [-0.1, -0.05) is 29.8 Å². The molecule has 122 valence electrons. The number of hydrogen-bond acceptors (Lipinski definition) is 3. The largest absolute Gasteiger partial charge is 0.479 e. The van der Waals surface area contributed by atoms with Gasteiger partial charge in [-0.15, -0.1) is 0 Å². The van der Waals surface area contributed by atoms with Crippen LogP contribution in [-0.2, 0) is 4.79 Å². The number of ether oxygens (including phenoxy) is 1. The first kappa shape index (κ1) is 16.2. The summed E-state index contributed by atoms with van der Waals surface area (Å²) >= 11 is 6.21. The van der Waals surface area contributed by atoms with Crippen LogP contribution in [0.2, 0.25) is 5.02 Å². The number of halogens is 2. The van der Waals surface area contributed by atoms with Crippen LogP contribution in [0.25, 0.3) is 22.0 Å². The highest BCUT2D eigenvalue weighted by Crippen LogP contribution is 2.34. The van der Waals surface area contributed by atoms with Gasteiger partial charge in [0.2, 0.25) is 5.95 Å². The molecular formula is C18H13ClFNO3. The third-order valence-electron chi connectivity index (χ3n) is 3.57. The minimum Gasteiger partial charge on any atom is -0.479 e. The molecule has 0 aliphatic rings. The maximum atomic E-state index is 13.9. The Morgan fingerprint density at radius 1 is 1.21 bits per heavy atom. The highest BCUT2D eigenvalue weighted by Gasteiger charge is 2.15. The fourth-order valence-electron chi connectivity index (χ4n) is 2.41. The molecule has 0 radical (unpaired) electrons. The SMILES string of the molecule is CC(Oc1ccc2c(-c3ccccc3Cl)cc(F)nc2c1)C(=O)O. The molecule has 0 fully saturated rings. The molecule has 0 aliphatic carbocycles. The van der Waals surface area contributed by atoms with E-state index in [9.17, 15) is 9.18 Å². The first-order chi connectivity index (χ1) is 11.5. The number of aliphatic carboxylic acids is 1. The van der Waals surface area contributed by atoms with E-state index in [0.29, 0.717) is 32.8 Å². The van der Waals surface area contributed by atoms with Crippen LogP contribution in [0.15, 0.2) is 48.5 Å². The minimum atomic E-state index is -1.08. The average Bonchev–Trinajstić information content (AvgIpc) is 2.54. The molecule has 1 heterocycles. The molecule has 0 saturated carbocycles. The Morgan fingerprint density at radius 2 is 1.96 bits per heavy atom. The van der Waals surface area contributed by atoms with Gasteiger partial charge in [0.25, 0.3) is 0 Å². The number of pyridine rings is 1. The van der Waals surface area contributed by atoms with Gasteiger partial charge in [0.1, 0.15) is 5.75 Å². The number of carboxylic acids is 1. The van der Waals surface area contributed by atoms with Gasteiger partial charge in [0, 0.05) is 28.1 Å². The molecule has 2 aromatic carbocycles. The molecule has 1 aromatic heterocycles. The molecule has 0 saturated heterocycles. The van der Waals surface area contributed by atoms with Gasteiger partial charge in [-0.3, -0.25) is 0 Å². The van der Waals surface area contributed by atoms with E-state index < -0.39 is 18.0 Å². The van der Waals surface area contributed by atoms with Crippen molar-refractivity contribution < 1.29 is 19.0 Å². The quantitative estimate of drug-likeness (QED) is 0.705. The van der Waals surface area contributed by atoms with Crippen molar-refractivity contribution in [2.75, 3.05) is 0 Å². The summed E-state index contributed by atoms with van der Waals surface area (Å²) in [6.45, 7) is 1.42. The number of nitrogens with zero attached hydrogens (tertiary/aromatic N) is 1. The highest BCUT2D eigenvalue weighted by molar-refractivity contribution is 6.33. The number of carbonyl (C=O) groups is 1. The molecule has 0 amide bonds. The van der Waals surface area contributed by atoms with Crippen molar-refractivity contribution in [3.05, 3.63) is 59.5 Å². The lowest BCUT2D eigenvalue weighted by atomic mass is 10.0. The lowest BCUT2D eigenvalue weighted by Crippen LogP contribution is -2.22.